The van der Waals surface area contributed by atoms with Gasteiger partial charge in [-0.1, -0.05) is 33.6 Å². The van der Waals surface area contributed by atoms with Crippen LogP contribution in [0.2, 0.25) is 5.02 Å². The fourth-order valence-electron chi connectivity index (χ4n) is 1.99. The van der Waals surface area contributed by atoms with Gasteiger partial charge < -0.3 is 5.11 Å². The lowest BCUT2D eigenvalue weighted by atomic mass is 10.0. The van der Waals surface area contributed by atoms with E-state index in [1.807, 2.05) is 32.0 Å². The molecular weight excluding hydrogens is 316 g/mol. The number of rotatable bonds is 3. The fraction of sp³-hybridized carbons (Fsp3) is 0.308. The van der Waals surface area contributed by atoms with Crippen molar-refractivity contribution in [2.24, 2.45) is 0 Å². The molecule has 0 radical (unpaired) electrons. The second-order valence-electron chi connectivity index (χ2n) is 4.10. The van der Waals surface area contributed by atoms with Crippen molar-refractivity contribution in [3.05, 3.63) is 50.7 Å². The predicted octanol–water partition coefficient (Wildman–Crippen LogP) is 3.71. The van der Waals surface area contributed by atoms with Crippen LogP contribution in [-0.4, -0.2) is 14.9 Å². The first-order valence-electron chi connectivity index (χ1n) is 5.70. The van der Waals surface area contributed by atoms with Gasteiger partial charge in [0, 0.05) is 11.0 Å². The molecule has 1 N–H and O–H groups in total. The highest BCUT2D eigenvalue weighted by Gasteiger charge is 2.20. The normalized spacial score (nSPS) is 12.7. The van der Waals surface area contributed by atoms with E-state index in [1.165, 1.54) is 0 Å². The van der Waals surface area contributed by atoms with Gasteiger partial charge >= 0.3 is 0 Å². The SMILES string of the molecule is CCn1ncc(Cl)c1C(O)c1ccc(Br)cc1C. The molecule has 2 aromatic rings. The van der Waals surface area contributed by atoms with Gasteiger partial charge in [0.25, 0.3) is 0 Å². The molecule has 0 aliphatic heterocycles. The van der Waals surface area contributed by atoms with E-state index < -0.39 is 6.10 Å². The summed E-state index contributed by atoms with van der Waals surface area (Å²) in [5.41, 5.74) is 2.50. The Hall–Kier alpha value is -0.840. The topological polar surface area (TPSA) is 38.0 Å². The second kappa shape index (κ2) is 5.43. The van der Waals surface area contributed by atoms with Gasteiger partial charge in [-0.05, 0) is 37.1 Å². The van der Waals surface area contributed by atoms with Gasteiger partial charge in [0.15, 0.2) is 0 Å². The number of aryl methyl sites for hydroxylation is 2. The maximum absolute atomic E-state index is 10.5. The minimum Gasteiger partial charge on any atom is -0.382 e. The van der Waals surface area contributed by atoms with E-state index >= 15 is 0 Å². The molecule has 96 valence electrons. The predicted molar refractivity (Wildman–Crippen MR) is 75.9 cm³/mol. The largest absolute Gasteiger partial charge is 0.382 e. The smallest absolute Gasteiger partial charge is 0.122 e. The van der Waals surface area contributed by atoms with E-state index in [-0.39, 0.29) is 0 Å². The average Bonchev–Trinajstić information content (AvgIpc) is 2.69. The molecule has 5 heteroatoms. The van der Waals surface area contributed by atoms with Crippen molar-refractivity contribution in [2.75, 3.05) is 0 Å². The summed E-state index contributed by atoms with van der Waals surface area (Å²) in [6, 6.07) is 5.78. The van der Waals surface area contributed by atoms with E-state index in [0.29, 0.717) is 17.3 Å². The first-order valence-corrected chi connectivity index (χ1v) is 6.87. The van der Waals surface area contributed by atoms with Crippen molar-refractivity contribution in [3.8, 4) is 0 Å². The lowest BCUT2D eigenvalue weighted by Crippen LogP contribution is -2.10. The summed E-state index contributed by atoms with van der Waals surface area (Å²) in [6.07, 6.45) is 0.811. The number of aromatic nitrogens is 2. The molecule has 0 amide bonds. The minimum atomic E-state index is -0.756. The van der Waals surface area contributed by atoms with E-state index in [9.17, 15) is 5.11 Å². The molecule has 18 heavy (non-hydrogen) atoms. The van der Waals surface area contributed by atoms with Crippen molar-refractivity contribution < 1.29 is 5.11 Å². The number of aliphatic hydroxyl groups excluding tert-OH is 1. The Labute approximate surface area is 120 Å². The lowest BCUT2D eigenvalue weighted by molar-refractivity contribution is 0.207. The monoisotopic (exact) mass is 328 g/mol. The molecule has 2 rings (SSSR count). The van der Waals surface area contributed by atoms with Gasteiger partial charge in [0.1, 0.15) is 6.10 Å². The summed E-state index contributed by atoms with van der Waals surface area (Å²) in [6.45, 7) is 4.60. The fourth-order valence-corrected chi connectivity index (χ4v) is 2.71. The van der Waals surface area contributed by atoms with Crippen LogP contribution in [0.25, 0.3) is 0 Å². The first kappa shape index (κ1) is 13.6. The molecule has 0 aliphatic rings. The van der Waals surface area contributed by atoms with Crippen LogP contribution in [0, 0.1) is 6.92 Å². The van der Waals surface area contributed by atoms with Crippen molar-refractivity contribution >= 4 is 27.5 Å². The highest BCUT2D eigenvalue weighted by Crippen LogP contribution is 2.31. The molecule has 1 atom stereocenters. The van der Waals surface area contributed by atoms with Gasteiger partial charge in [-0.15, -0.1) is 0 Å². The Morgan fingerprint density at radius 2 is 2.22 bits per heavy atom. The Bertz CT molecular complexity index is 568. The van der Waals surface area contributed by atoms with E-state index in [4.69, 9.17) is 11.6 Å². The molecule has 1 heterocycles. The van der Waals surface area contributed by atoms with Crippen molar-refractivity contribution in [3.63, 3.8) is 0 Å². The van der Waals surface area contributed by atoms with Crippen molar-refractivity contribution in [2.45, 2.75) is 26.5 Å². The third-order valence-electron chi connectivity index (χ3n) is 2.92. The summed E-state index contributed by atoms with van der Waals surface area (Å²) in [4.78, 5) is 0. The molecule has 0 saturated heterocycles. The zero-order valence-electron chi connectivity index (χ0n) is 10.2. The molecule has 0 saturated carbocycles. The zero-order chi connectivity index (χ0) is 13.3. The number of hydrogen-bond acceptors (Lipinski definition) is 2. The third kappa shape index (κ3) is 2.46. The van der Waals surface area contributed by atoms with Gasteiger partial charge in [0.05, 0.1) is 16.9 Å². The Balaban J connectivity index is 2.47. The quantitative estimate of drug-likeness (QED) is 0.932. The Morgan fingerprint density at radius 3 is 2.83 bits per heavy atom. The second-order valence-corrected chi connectivity index (χ2v) is 5.42. The van der Waals surface area contributed by atoms with Gasteiger partial charge in [-0.3, -0.25) is 4.68 Å². The summed E-state index contributed by atoms with van der Waals surface area (Å²) < 4.78 is 2.71. The summed E-state index contributed by atoms with van der Waals surface area (Å²) in [5, 5.41) is 15.1. The zero-order valence-corrected chi connectivity index (χ0v) is 12.5. The average molecular weight is 330 g/mol. The Morgan fingerprint density at radius 1 is 1.50 bits per heavy atom. The number of aliphatic hydroxyl groups is 1. The maximum Gasteiger partial charge on any atom is 0.122 e. The van der Waals surface area contributed by atoms with Crippen LogP contribution in [0.3, 0.4) is 0 Å². The molecule has 0 fully saturated rings. The number of hydrogen-bond donors (Lipinski definition) is 1. The molecule has 1 unspecified atom stereocenters. The van der Waals surface area contributed by atoms with Crippen molar-refractivity contribution in [1.82, 2.24) is 9.78 Å². The summed E-state index contributed by atoms with van der Waals surface area (Å²) in [7, 11) is 0. The van der Waals surface area contributed by atoms with Crippen LogP contribution in [0.5, 0.6) is 0 Å². The first-order chi connectivity index (χ1) is 8.54. The van der Waals surface area contributed by atoms with Crippen LogP contribution >= 0.6 is 27.5 Å². The molecular formula is C13H14BrClN2O. The summed E-state index contributed by atoms with van der Waals surface area (Å²) in [5.74, 6) is 0. The third-order valence-corrected chi connectivity index (χ3v) is 3.70. The molecule has 1 aromatic heterocycles. The minimum absolute atomic E-state index is 0.492. The molecule has 0 aliphatic carbocycles. The lowest BCUT2D eigenvalue weighted by Gasteiger charge is -2.16. The standard InChI is InChI=1S/C13H14BrClN2O/c1-3-17-12(11(15)7-16-17)13(18)10-5-4-9(14)6-8(10)2/h4-7,13,18H,3H2,1-2H3. The van der Waals surface area contributed by atoms with Crippen LogP contribution in [0.15, 0.2) is 28.9 Å². The molecule has 3 nitrogen and oxygen atoms in total. The van der Waals surface area contributed by atoms with Crippen LogP contribution in [-0.2, 0) is 6.54 Å². The highest BCUT2D eigenvalue weighted by molar-refractivity contribution is 9.10. The molecule has 1 aromatic carbocycles. The van der Waals surface area contributed by atoms with Crippen LogP contribution in [0.4, 0.5) is 0 Å². The number of nitrogens with zero attached hydrogens (tertiary/aromatic N) is 2. The Kier molecular flexibility index (Phi) is 4.10. The molecule has 0 bridgehead atoms. The van der Waals surface area contributed by atoms with Crippen LogP contribution < -0.4 is 0 Å². The molecule has 0 spiro atoms. The van der Waals surface area contributed by atoms with E-state index in [2.05, 4.69) is 21.0 Å². The maximum atomic E-state index is 10.5. The number of halogens is 2. The van der Waals surface area contributed by atoms with Gasteiger partial charge in [0.2, 0.25) is 0 Å². The summed E-state index contributed by atoms with van der Waals surface area (Å²) >= 11 is 9.51. The number of benzene rings is 1. The highest BCUT2D eigenvalue weighted by atomic mass is 79.9. The van der Waals surface area contributed by atoms with Crippen LogP contribution in [0.1, 0.15) is 29.8 Å². The van der Waals surface area contributed by atoms with Crippen molar-refractivity contribution in [1.29, 1.82) is 0 Å². The van der Waals surface area contributed by atoms with E-state index in [1.54, 1.807) is 10.9 Å². The van der Waals surface area contributed by atoms with E-state index in [0.717, 1.165) is 15.6 Å². The van der Waals surface area contributed by atoms with Gasteiger partial charge in [-0.25, -0.2) is 0 Å². The van der Waals surface area contributed by atoms with Gasteiger partial charge in [-0.2, -0.15) is 5.10 Å².